The van der Waals surface area contributed by atoms with Gasteiger partial charge in [-0.3, -0.25) is 4.79 Å². The minimum atomic E-state index is 0.337. The molecule has 1 aliphatic heterocycles. The maximum atomic E-state index is 10.9. The third-order valence-electron chi connectivity index (χ3n) is 1.88. The lowest BCUT2D eigenvalue weighted by Gasteiger charge is -2.23. The van der Waals surface area contributed by atoms with Gasteiger partial charge < -0.3 is 4.90 Å². The predicted octanol–water partition coefficient (Wildman–Crippen LogP) is 0.102. The molecule has 64 valence electrons. The van der Waals surface area contributed by atoms with Crippen LogP contribution in [0, 0.1) is 0 Å². The highest BCUT2D eigenvalue weighted by molar-refractivity contribution is 7.09. The predicted molar refractivity (Wildman–Crippen MR) is 44.2 cm³/mol. The first-order chi connectivity index (χ1) is 5.86. The highest BCUT2D eigenvalue weighted by Gasteiger charge is 2.18. The number of ketones is 1. The fraction of sp³-hybridized carbons (Fsp3) is 0.667. The van der Waals surface area contributed by atoms with Crippen LogP contribution < -0.4 is 4.90 Å². The van der Waals surface area contributed by atoms with E-state index in [0.717, 1.165) is 18.2 Å². The Hall–Kier alpha value is -1.04. The van der Waals surface area contributed by atoms with Crippen LogP contribution >= 0.6 is 11.5 Å². The quantitative estimate of drug-likeness (QED) is 0.619. The first-order valence-electron chi connectivity index (χ1n) is 3.78. The molecule has 1 saturated heterocycles. The van der Waals surface area contributed by atoms with Crippen LogP contribution in [-0.4, -0.2) is 33.7 Å². The van der Waals surface area contributed by atoms with Crippen molar-refractivity contribution in [3.05, 3.63) is 0 Å². The molecule has 0 aromatic carbocycles. The lowest BCUT2D eigenvalue weighted by atomic mass is 10.1. The average molecular weight is 184 g/mol. The lowest BCUT2D eigenvalue weighted by molar-refractivity contribution is -0.119. The molecule has 0 unspecified atom stereocenters. The van der Waals surface area contributed by atoms with E-state index in [1.165, 1.54) is 11.5 Å². The molecule has 0 amide bonds. The van der Waals surface area contributed by atoms with Crippen molar-refractivity contribution in [2.24, 2.45) is 0 Å². The molecule has 0 saturated carbocycles. The van der Waals surface area contributed by atoms with Crippen molar-refractivity contribution in [1.29, 1.82) is 0 Å². The van der Waals surface area contributed by atoms with Crippen LogP contribution in [0.5, 0.6) is 0 Å². The Morgan fingerprint density at radius 1 is 1.33 bits per heavy atom. The van der Waals surface area contributed by atoms with E-state index in [1.807, 2.05) is 4.90 Å². The maximum Gasteiger partial charge on any atom is 0.227 e. The molecule has 0 atom stereocenters. The molecule has 1 fully saturated rings. The van der Waals surface area contributed by atoms with Crippen LogP contribution in [0.3, 0.4) is 0 Å². The number of rotatable bonds is 1. The second kappa shape index (κ2) is 3.14. The summed E-state index contributed by atoms with van der Waals surface area (Å²) < 4.78 is 3.67. The Morgan fingerprint density at radius 2 is 2.08 bits per heavy atom. The van der Waals surface area contributed by atoms with Gasteiger partial charge in [0, 0.05) is 37.5 Å². The van der Waals surface area contributed by atoms with Gasteiger partial charge in [0.25, 0.3) is 0 Å². The van der Waals surface area contributed by atoms with E-state index in [0.29, 0.717) is 18.6 Å². The number of hydrogen-bond donors (Lipinski definition) is 0. The molecule has 6 heteroatoms. The van der Waals surface area contributed by atoms with Gasteiger partial charge in [-0.25, -0.2) is 0 Å². The number of hydrogen-bond acceptors (Lipinski definition) is 6. The van der Waals surface area contributed by atoms with Gasteiger partial charge in [-0.05, 0) is 5.21 Å². The van der Waals surface area contributed by atoms with E-state index in [1.54, 1.807) is 0 Å². The van der Waals surface area contributed by atoms with Crippen molar-refractivity contribution in [2.45, 2.75) is 12.8 Å². The van der Waals surface area contributed by atoms with Gasteiger partial charge in [0.05, 0.1) is 0 Å². The summed E-state index contributed by atoms with van der Waals surface area (Å²) in [5.41, 5.74) is 0. The molecule has 2 rings (SSSR count). The SMILES string of the molecule is O=C1CCN(c2nnns2)CC1. The van der Waals surface area contributed by atoms with Crippen molar-refractivity contribution in [1.82, 2.24) is 14.8 Å². The smallest absolute Gasteiger partial charge is 0.227 e. The van der Waals surface area contributed by atoms with Crippen molar-refractivity contribution in [3.63, 3.8) is 0 Å². The summed E-state index contributed by atoms with van der Waals surface area (Å²) in [7, 11) is 0. The summed E-state index contributed by atoms with van der Waals surface area (Å²) >= 11 is 1.27. The van der Waals surface area contributed by atoms with Gasteiger partial charge in [-0.2, -0.15) is 0 Å². The molecular weight excluding hydrogens is 176 g/mol. The second-order valence-electron chi connectivity index (χ2n) is 2.67. The minimum Gasteiger partial charge on any atom is -0.345 e. The van der Waals surface area contributed by atoms with Gasteiger partial charge in [0.2, 0.25) is 5.13 Å². The maximum absolute atomic E-state index is 10.9. The van der Waals surface area contributed by atoms with Crippen LogP contribution in [0.25, 0.3) is 0 Å². The molecule has 1 aromatic rings. The summed E-state index contributed by atoms with van der Waals surface area (Å²) in [5, 5.41) is 8.17. The molecule has 0 aliphatic carbocycles. The summed E-state index contributed by atoms with van der Waals surface area (Å²) in [6.45, 7) is 1.52. The largest absolute Gasteiger partial charge is 0.345 e. The molecule has 0 N–H and O–H groups in total. The summed E-state index contributed by atoms with van der Waals surface area (Å²) in [6, 6.07) is 0. The Labute approximate surface area is 73.5 Å². The van der Waals surface area contributed by atoms with Gasteiger partial charge in [-0.1, -0.05) is 9.59 Å². The average Bonchev–Trinajstić information content (AvgIpc) is 2.58. The Bertz CT molecular complexity index is 263. The Balaban J connectivity index is 2.03. The van der Waals surface area contributed by atoms with Gasteiger partial charge >= 0.3 is 0 Å². The zero-order valence-electron chi connectivity index (χ0n) is 6.43. The van der Waals surface area contributed by atoms with Crippen LogP contribution in [0.1, 0.15) is 12.8 Å². The number of aromatic nitrogens is 3. The molecule has 0 radical (unpaired) electrons. The Morgan fingerprint density at radius 3 is 2.67 bits per heavy atom. The van der Waals surface area contributed by atoms with E-state index in [-0.39, 0.29) is 0 Å². The zero-order valence-corrected chi connectivity index (χ0v) is 7.25. The van der Waals surface area contributed by atoms with Gasteiger partial charge in [0.15, 0.2) is 0 Å². The fourth-order valence-corrected chi connectivity index (χ4v) is 1.72. The third-order valence-corrected chi connectivity index (χ3v) is 2.54. The molecule has 12 heavy (non-hydrogen) atoms. The number of anilines is 1. The molecule has 1 aromatic heterocycles. The Kier molecular flexibility index (Phi) is 1.99. The second-order valence-corrected chi connectivity index (χ2v) is 3.38. The van der Waals surface area contributed by atoms with Crippen molar-refractivity contribution < 1.29 is 4.79 Å². The van der Waals surface area contributed by atoms with Crippen molar-refractivity contribution >= 4 is 22.4 Å². The highest BCUT2D eigenvalue weighted by Crippen LogP contribution is 2.17. The van der Waals surface area contributed by atoms with Crippen LogP contribution in [0.15, 0.2) is 0 Å². The van der Waals surface area contributed by atoms with Crippen molar-refractivity contribution in [3.8, 4) is 0 Å². The van der Waals surface area contributed by atoms with Gasteiger partial charge in [-0.15, -0.1) is 0 Å². The monoisotopic (exact) mass is 184 g/mol. The molecule has 2 heterocycles. The topological polar surface area (TPSA) is 59.0 Å². The summed E-state index contributed by atoms with van der Waals surface area (Å²) in [6.07, 6.45) is 1.25. The molecule has 1 aliphatic rings. The van der Waals surface area contributed by atoms with Gasteiger partial charge in [0.1, 0.15) is 5.78 Å². The first-order valence-corrected chi connectivity index (χ1v) is 4.55. The van der Waals surface area contributed by atoms with E-state index >= 15 is 0 Å². The van der Waals surface area contributed by atoms with E-state index in [4.69, 9.17) is 0 Å². The summed E-state index contributed by atoms with van der Waals surface area (Å²) in [5.74, 6) is 0.337. The van der Waals surface area contributed by atoms with E-state index in [9.17, 15) is 4.79 Å². The highest BCUT2D eigenvalue weighted by atomic mass is 32.1. The molecule has 5 nitrogen and oxygen atoms in total. The third kappa shape index (κ3) is 1.42. The van der Waals surface area contributed by atoms with E-state index in [2.05, 4.69) is 14.8 Å². The number of carbonyl (C=O) groups is 1. The number of carbonyl (C=O) groups excluding carboxylic acids is 1. The number of piperidine rings is 1. The lowest BCUT2D eigenvalue weighted by Crippen LogP contribution is -2.33. The number of nitrogens with zero attached hydrogens (tertiary/aromatic N) is 4. The molecule has 0 bridgehead atoms. The minimum absolute atomic E-state index is 0.337. The standard InChI is InChI=1S/C6H8N4OS/c11-5-1-3-10(4-2-5)6-7-8-9-12-6/h1-4H2. The van der Waals surface area contributed by atoms with Crippen LogP contribution in [-0.2, 0) is 4.79 Å². The summed E-state index contributed by atoms with van der Waals surface area (Å²) in [4.78, 5) is 13.0. The first kappa shape index (κ1) is 7.60. The van der Waals surface area contributed by atoms with Crippen LogP contribution in [0.4, 0.5) is 5.13 Å². The molecule has 0 spiro atoms. The zero-order chi connectivity index (χ0) is 8.39. The number of Topliss-reactive ketones (excluding diaryl/α,β-unsaturated/α-hetero) is 1. The molecular formula is C6H8N4OS. The van der Waals surface area contributed by atoms with Crippen LogP contribution in [0.2, 0.25) is 0 Å². The fourth-order valence-electron chi connectivity index (χ4n) is 1.20. The van der Waals surface area contributed by atoms with E-state index < -0.39 is 0 Å². The normalized spacial score (nSPS) is 18.3. The van der Waals surface area contributed by atoms with Crippen molar-refractivity contribution in [2.75, 3.05) is 18.0 Å².